The van der Waals surface area contributed by atoms with Crippen LogP contribution in [0.5, 0.6) is 5.88 Å². The molecule has 9 nitrogen and oxygen atoms in total. The normalized spacial score (nSPS) is 10.6. The first kappa shape index (κ1) is 21.0. The lowest BCUT2D eigenvalue weighted by atomic mass is 10.2. The fourth-order valence-corrected chi connectivity index (χ4v) is 3.10. The van der Waals surface area contributed by atoms with Crippen molar-refractivity contribution < 1.29 is 9.53 Å². The fourth-order valence-electron chi connectivity index (χ4n) is 3.10. The van der Waals surface area contributed by atoms with Crippen molar-refractivity contribution >= 4 is 23.1 Å². The Morgan fingerprint density at radius 2 is 1.72 bits per heavy atom. The molecular formula is C23H23N7O2. The monoisotopic (exact) mass is 429 g/mol. The number of methoxy groups -OCH3 is 1. The van der Waals surface area contributed by atoms with Gasteiger partial charge in [0.05, 0.1) is 12.8 Å². The average molecular weight is 429 g/mol. The van der Waals surface area contributed by atoms with Gasteiger partial charge in [0.15, 0.2) is 11.6 Å². The minimum Gasteiger partial charge on any atom is -0.481 e. The Bertz CT molecular complexity index is 1250. The van der Waals surface area contributed by atoms with Crippen molar-refractivity contribution in [3.05, 3.63) is 77.2 Å². The molecule has 0 saturated heterocycles. The van der Waals surface area contributed by atoms with Crippen LogP contribution >= 0.6 is 0 Å². The Hall–Kier alpha value is -4.27. The van der Waals surface area contributed by atoms with Gasteiger partial charge in [0.1, 0.15) is 0 Å². The molecule has 1 aromatic carbocycles. The largest absolute Gasteiger partial charge is 0.481 e. The zero-order chi connectivity index (χ0) is 22.7. The highest BCUT2D eigenvalue weighted by molar-refractivity contribution is 6.04. The third-order valence-electron chi connectivity index (χ3n) is 5.14. The summed E-state index contributed by atoms with van der Waals surface area (Å²) in [4.78, 5) is 16.4. The highest BCUT2D eigenvalue weighted by atomic mass is 16.5. The van der Waals surface area contributed by atoms with Gasteiger partial charge in [-0.05, 0) is 68.8 Å². The number of aryl methyl sites for hydroxylation is 1. The first-order valence-electron chi connectivity index (χ1n) is 10.00. The lowest BCUT2D eigenvalue weighted by Gasteiger charge is -2.09. The summed E-state index contributed by atoms with van der Waals surface area (Å²) < 4.78 is 6.85. The van der Waals surface area contributed by atoms with Crippen LogP contribution in [0.4, 0.5) is 17.2 Å². The van der Waals surface area contributed by atoms with Crippen LogP contribution in [0.1, 0.15) is 27.3 Å². The van der Waals surface area contributed by atoms with Crippen molar-refractivity contribution in [3.63, 3.8) is 0 Å². The second-order valence-electron chi connectivity index (χ2n) is 7.23. The molecule has 0 bridgehead atoms. The van der Waals surface area contributed by atoms with Gasteiger partial charge in [-0.2, -0.15) is 5.10 Å². The molecule has 162 valence electrons. The second-order valence-corrected chi connectivity index (χ2v) is 7.23. The number of pyridine rings is 1. The highest BCUT2D eigenvalue weighted by Crippen LogP contribution is 2.20. The van der Waals surface area contributed by atoms with E-state index in [1.54, 1.807) is 28.9 Å². The van der Waals surface area contributed by atoms with Gasteiger partial charge in [-0.3, -0.25) is 4.79 Å². The number of hydrogen-bond donors (Lipinski definition) is 2. The Morgan fingerprint density at radius 3 is 2.34 bits per heavy atom. The molecule has 3 aromatic heterocycles. The van der Waals surface area contributed by atoms with Gasteiger partial charge in [-0.25, -0.2) is 9.67 Å². The molecule has 0 aliphatic rings. The maximum Gasteiger partial charge on any atom is 0.255 e. The van der Waals surface area contributed by atoms with Crippen molar-refractivity contribution in [2.75, 3.05) is 17.7 Å². The smallest absolute Gasteiger partial charge is 0.255 e. The van der Waals surface area contributed by atoms with Crippen molar-refractivity contribution in [2.45, 2.75) is 20.8 Å². The number of hydrogen-bond acceptors (Lipinski definition) is 7. The molecule has 3 heterocycles. The summed E-state index contributed by atoms with van der Waals surface area (Å²) in [5, 5.41) is 19.1. The number of amides is 1. The van der Waals surface area contributed by atoms with Crippen molar-refractivity contribution in [1.82, 2.24) is 25.0 Å². The lowest BCUT2D eigenvalue weighted by Crippen LogP contribution is -2.12. The van der Waals surface area contributed by atoms with Crippen LogP contribution in [0.25, 0.3) is 5.82 Å². The molecule has 2 N–H and O–H groups in total. The minimum absolute atomic E-state index is 0.243. The highest BCUT2D eigenvalue weighted by Gasteiger charge is 2.11. The summed E-state index contributed by atoms with van der Waals surface area (Å²) in [7, 11) is 1.51. The number of aromatic nitrogens is 5. The maximum absolute atomic E-state index is 12.4. The molecule has 0 fully saturated rings. The number of ether oxygens (including phenoxy) is 1. The quantitative estimate of drug-likeness (QED) is 0.477. The van der Waals surface area contributed by atoms with E-state index in [0.29, 0.717) is 28.8 Å². The molecule has 9 heteroatoms. The van der Waals surface area contributed by atoms with Crippen LogP contribution in [0.2, 0.25) is 0 Å². The van der Waals surface area contributed by atoms with Crippen LogP contribution < -0.4 is 15.4 Å². The van der Waals surface area contributed by atoms with E-state index in [-0.39, 0.29) is 5.91 Å². The molecule has 1 amide bonds. The third-order valence-corrected chi connectivity index (χ3v) is 5.14. The lowest BCUT2D eigenvalue weighted by molar-refractivity contribution is 0.102. The molecule has 0 aliphatic heterocycles. The van der Waals surface area contributed by atoms with Gasteiger partial charge in [0.25, 0.3) is 5.91 Å². The third kappa shape index (κ3) is 4.41. The van der Waals surface area contributed by atoms with Crippen LogP contribution in [0.15, 0.2) is 54.7 Å². The van der Waals surface area contributed by atoms with E-state index in [1.807, 2.05) is 45.0 Å². The molecule has 0 aliphatic carbocycles. The summed E-state index contributed by atoms with van der Waals surface area (Å²) >= 11 is 0. The molecule has 0 atom stereocenters. The van der Waals surface area contributed by atoms with E-state index in [4.69, 9.17) is 4.74 Å². The van der Waals surface area contributed by atoms with Crippen molar-refractivity contribution in [2.24, 2.45) is 0 Å². The topological polar surface area (TPSA) is 107 Å². The van der Waals surface area contributed by atoms with Crippen LogP contribution in [-0.4, -0.2) is 38.0 Å². The Labute approximate surface area is 185 Å². The van der Waals surface area contributed by atoms with Gasteiger partial charge < -0.3 is 15.4 Å². The molecule has 0 radical (unpaired) electrons. The molecule has 0 unspecified atom stereocenters. The van der Waals surface area contributed by atoms with E-state index in [1.165, 1.54) is 13.3 Å². The first-order chi connectivity index (χ1) is 15.4. The van der Waals surface area contributed by atoms with Gasteiger partial charge in [0.2, 0.25) is 5.88 Å². The number of carbonyl (C=O) groups is 1. The first-order valence-corrected chi connectivity index (χ1v) is 10.00. The number of rotatable bonds is 6. The number of anilines is 3. The van der Waals surface area contributed by atoms with E-state index < -0.39 is 0 Å². The minimum atomic E-state index is -0.243. The zero-order valence-electron chi connectivity index (χ0n) is 18.2. The van der Waals surface area contributed by atoms with Gasteiger partial charge >= 0.3 is 0 Å². The second kappa shape index (κ2) is 8.84. The Balaban J connectivity index is 1.41. The molecular weight excluding hydrogens is 406 g/mol. The summed E-state index contributed by atoms with van der Waals surface area (Å²) in [6.45, 7) is 6.02. The van der Waals surface area contributed by atoms with Gasteiger partial charge in [-0.15, -0.1) is 10.2 Å². The number of nitrogens with one attached hydrogen (secondary N) is 2. The fraction of sp³-hybridized carbons (Fsp3) is 0.174. The Morgan fingerprint density at radius 1 is 0.969 bits per heavy atom. The predicted octanol–water partition coefficient (Wildman–Crippen LogP) is 3.99. The summed E-state index contributed by atoms with van der Waals surface area (Å²) in [5.74, 6) is 1.41. The summed E-state index contributed by atoms with van der Waals surface area (Å²) in [5.41, 5.74) is 5.11. The zero-order valence-corrected chi connectivity index (χ0v) is 18.2. The predicted molar refractivity (Wildman–Crippen MR) is 122 cm³/mol. The standard InChI is InChI=1S/C23H23N7O2/c1-14-15(2)29-30(16(14)3)21-10-9-20(27-28-21)25-18-5-7-19(8-6-18)26-23(31)17-11-12-24-22(13-17)32-4/h5-13H,1-4H3,(H,25,27)(H,26,31). The van der Waals surface area contributed by atoms with Gasteiger partial charge in [-0.1, -0.05) is 0 Å². The number of carbonyl (C=O) groups excluding carboxylic acids is 1. The summed E-state index contributed by atoms with van der Waals surface area (Å²) in [6, 6.07) is 14.2. The number of benzene rings is 1. The number of nitrogens with zero attached hydrogens (tertiary/aromatic N) is 5. The van der Waals surface area contributed by atoms with Gasteiger partial charge in [0, 0.05) is 34.9 Å². The van der Waals surface area contributed by atoms with Crippen LogP contribution in [-0.2, 0) is 0 Å². The molecule has 4 rings (SSSR count). The van der Waals surface area contributed by atoms with E-state index >= 15 is 0 Å². The van der Waals surface area contributed by atoms with E-state index in [2.05, 4.69) is 30.9 Å². The molecule has 4 aromatic rings. The van der Waals surface area contributed by atoms with Crippen LogP contribution in [0.3, 0.4) is 0 Å². The molecule has 32 heavy (non-hydrogen) atoms. The average Bonchev–Trinajstić information content (AvgIpc) is 3.08. The summed E-state index contributed by atoms with van der Waals surface area (Å²) in [6.07, 6.45) is 1.53. The van der Waals surface area contributed by atoms with E-state index in [9.17, 15) is 4.79 Å². The SMILES string of the molecule is COc1cc(C(=O)Nc2ccc(Nc3ccc(-n4nc(C)c(C)c4C)nn3)cc2)ccn1. The van der Waals surface area contributed by atoms with E-state index in [0.717, 1.165) is 22.6 Å². The van der Waals surface area contributed by atoms with Crippen LogP contribution in [0, 0.1) is 20.8 Å². The van der Waals surface area contributed by atoms with Crippen molar-refractivity contribution in [3.8, 4) is 11.7 Å². The molecule has 0 spiro atoms. The molecule has 0 saturated carbocycles. The Kier molecular flexibility index (Phi) is 5.80. The maximum atomic E-state index is 12.4. The van der Waals surface area contributed by atoms with Crippen molar-refractivity contribution in [1.29, 1.82) is 0 Å².